The van der Waals surface area contributed by atoms with E-state index in [1.165, 1.54) is 11.1 Å². The van der Waals surface area contributed by atoms with Crippen LogP contribution in [0, 0.1) is 18.3 Å². The van der Waals surface area contributed by atoms with E-state index in [-0.39, 0.29) is 0 Å². The number of nitrogens with zero attached hydrogens (tertiary/aromatic N) is 1. The van der Waals surface area contributed by atoms with Gasteiger partial charge in [0.1, 0.15) is 0 Å². The number of hydrogen-bond donors (Lipinski definition) is 1. The Morgan fingerprint density at radius 2 is 2.21 bits per heavy atom. The highest BCUT2D eigenvalue weighted by Gasteiger charge is 2.57. The van der Waals surface area contributed by atoms with Crippen molar-refractivity contribution in [3.8, 4) is 0 Å². The van der Waals surface area contributed by atoms with Crippen molar-refractivity contribution in [1.82, 2.24) is 4.98 Å². The molecule has 2 atom stereocenters. The number of hydrogen-bond acceptors (Lipinski definition) is 2. The van der Waals surface area contributed by atoms with Crippen LogP contribution in [0.3, 0.4) is 0 Å². The fourth-order valence-corrected chi connectivity index (χ4v) is 2.63. The summed E-state index contributed by atoms with van der Waals surface area (Å²) in [4.78, 5) is 4.12. The second-order valence-electron chi connectivity index (χ2n) is 4.87. The van der Waals surface area contributed by atoms with Gasteiger partial charge in [0.2, 0.25) is 0 Å². The average molecular weight is 190 g/mol. The minimum absolute atomic E-state index is 0.376. The van der Waals surface area contributed by atoms with Crippen LogP contribution in [0.15, 0.2) is 18.5 Å². The monoisotopic (exact) mass is 190 g/mol. The van der Waals surface area contributed by atoms with E-state index in [1.807, 2.05) is 12.4 Å². The molecular formula is C12H18N2. The topological polar surface area (TPSA) is 38.9 Å². The molecule has 0 radical (unpaired) electrons. The number of aryl methyl sites for hydroxylation is 1. The van der Waals surface area contributed by atoms with E-state index in [0.29, 0.717) is 17.3 Å². The summed E-state index contributed by atoms with van der Waals surface area (Å²) in [5.74, 6) is 1.28. The molecule has 0 spiro atoms. The molecule has 1 fully saturated rings. The molecule has 1 aromatic rings. The molecule has 0 aliphatic heterocycles. The van der Waals surface area contributed by atoms with E-state index in [1.54, 1.807) is 0 Å². The van der Waals surface area contributed by atoms with E-state index in [2.05, 4.69) is 31.8 Å². The van der Waals surface area contributed by atoms with Crippen LogP contribution in [0.2, 0.25) is 0 Å². The summed E-state index contributed by atoms with van der Waals surface area (Å²) in [6, 6.07) is 2.14. The van der Waals surface area contributed by atoms with Crippen molar-refractivity contribution in [1.29, 1.82) is 0 Å². The largest absolute Gasteiger partial charge is 0.330 e. The predicted octanol–water partition coefficient (Wildman–Crippen LogP) is 2.09. The van der Waals surface area contributed by atoms with Crippen molar-refractivity contribution >= 4 is 0 Å². The zero-order valence-electron chi connectivity index (χ0n) is 9.12. The molecule has 0 saturated heterocycles. The summed E-state index contributed by atoms with van der Waals surface area (Å²) >= 11 is 0. The summed E-state index contributed by atoms with van der Waals surface area (Å²) in [6.07, 6.45) is 3.82. The Labute approximate surface area is 85.5 Å². The highest BCUT2D eigenvalue weighted by atomic mass is 14.7. The number of nitrogens with two attached hydrogens (primary N) is 1. The Morgan fingerprint density at radius 3 is 2.71 bits per heavy atom. The predicted molar refractivity (Wildman–Crippen MR) is 58.0 cm³/mol. The van der Waals surface area contributed by atoms with E-state index >= 15 is 0 Å². The van der Waals surface area contributed by atoms with Crippen LogP contribution in [-0.2, 0) is 0 Å². The molecule has 76 valence electrons. The molecule has 14 heavy (non-hydrogen) atoms. The van der Waals surface area contributed by atoms with Gasteiger partial charge < -0.3 is 5.73 Å². The average Bonchev–Trinajstić information content (AvgIpc) is 2.69. The van der Waals surface area contributed by atoms with Crippen molar-refractivity contribution in [3.63, 3.8) is 0 Å². The summed E-state index contributed by atoms with van der Waals surface area (Å²) < 4.78 is 0. The van der Waals surface area contributed by atoms with Crippen LogP contribution in [-0.4, -0.2) is 11.5 Å². The molecule has 2 N–H and O–H groups in total. The Hall–Kier alpha value is -0.890. The lowest BCUT2D eigenvalue weighted by molar-refractivity contribution is 0.558. The fourth-order valence-electron chi connectivity index (χ4n) is 2.63. The summed E-state index contributed by atoms with van der Waals surface area (Å²) in [5.41, 5.74) is 8.87. The van der Waals surface area contributed by atoms with Crippen LogP contribution in [0.25, 0.3) is 0 Å². The molecule has 2 nitrogen and oxygen atoms in total. The van der Waals surface area contributed by atoms with E-state index in [4.69, 9.17) is 5.73 Å². The molecule has 0 unspecified atom stereocenters. The van der Waals surface area contributed by atoms with Gasteiger partial charge in [-0.25, -0.2) is 0 Å². The molecule has 1 aliphatic carbocycles. The third-order valence-electron chi connectivity index (χ3n) is 3.70. The van der Waals surface area contributed by atoms with Crippen molar-refractivity contribution in [2.45, 2.75) is 26.7 Å². The third-order valence-corrected chi connectivity index (χ3v) is 3.70. The third kappa shape index (κ3) is 1.25. The van der Waals surface area contributed by atoms with Crippen LogP contribution in [0.5, 0.6) is 0 Å². The van der Waals surface area contributed by atoms with Gasteiger partial charge in [-0.05, 0) is 47.9 Å². The SMILES string of the molecule is Cc1cnccc1[C@H]1[C@H](CN)C1(C)C. The van der Waals surface area contributed by atoms with Gasteiger partial charge >= 0.3 is 0 Å². The van der Waals surface area contributed by atoms with Crippen LogP contribution < -0.4 is 5.73 Å². The minimum atomic E-state index is 0.376. The van der Waals surface area contributed by atoms with E-state index in [9.17, 15) is 0 Å². The van der Waals surface area contributed by atoms with E-state index in [0.717, 1.165) is 6.54 Å². The van der Waals surface area contributed by atoms with Crippen molar-refractivity contribution in [2.75, 3.05) is 6.54 Å². The second kappa shape index (κ2) is 3.06. The molecule has 1 heterocycles. The highest BCUT2D eigenvalue weighted by molar-refractivity contribution is 5.35. The number of rotatable bonds is 2. The lowest BCUT2D eigenvalue weighted by Gasteiger charge is -2.05. The van der Waals surface area contributed by atoms with Crippen LogP contribution in [0.4, 0.5) is 0 Å². The first kappa shape index (κ1) is 9.66. The zero-order valence-corrected chi connectivity index (χ0v) is 9.12. The first-order valence-electron chi connectivity index (χ1n) is 5.19. The van der Waals surface area contributed by atoms with Crippen molar-refractivity contribution in [2.24, 2.45) is 17.1 Å². The quantitative estimate of drug-likeness (QED) is 0.775. The van der Waals surface area contributed by atoms with Gasteiger partial charge in [-0.3, -0.25) is 4.98 Å². The molecule has 0 amide bonds. The summed E-state index contributed by atoms with van der Waals surface area (Å²) in [5, 5.41) is 0. The number of aromatic nitrogens is 1. The van der Waals surface area contributed by atoms with Gasteiger partial charge in [0.05, 0.1) is 0 Å². The van der Waals surface area contributed by atoms with Gasteiger partial charge in [0, 0.05) is 12.4 Å². The van der Waals surface area contributed by atoms with Gasteiger partial charge in [-0.15, -0.1) is 0 Å². The maximum Gasteiger partial charge on any atom is 0.0299 e. The van der Waals surface area contributed by atoms with Crippen molar-refractivity contribution < 1.29 is 0 Å². The van der Waals surface area contributed by atoms with Crippen molar-refractivity contribution in [3.05, 3.63) is 29.6 Å². The summed E-state index contributed by atoms with van der Waals surface area (Å²) in [7, 11) is 0. The molecule has 2 heteroatoms. The smallest absolute Gasteiger partial charge is 0.0299 e. The first-order valence-corrected chi connectivity index (χ1v) is 5.19. The summed E-state index contributed by atoms with van der Waals surface area (Å²) in [6.45, 7) is 7.52. The van der Waals surface area contributed by atoms with E-state index < -0.39 is 0 Å². The lowest BCUT2D eigenvalue weighted by atomic mass is 10.0. The lowest BCUT2D eigenvalue weighted by Crippen LogP contribution is -2.05. The number of pyridine rings is 1. The molecule has 1 aliphatic rings. The normalized spacial score (nSPS) is 28.9. The first-order chi connectivity index (χ1) is 6.59. The van der Waals surface area contributed by atoms with Crippen LogP contribution in [0.1, 0.15) is 30.9 Å². The van der Waals surface area contributed by atoms with Gasteiger partial charge in [0.15, 0.2) is 0 Å². The molecule has 1 saturated carbocycles. The molecular weight excluding hydrogens is 172 g/mol. The molecule has 2 rings (SSSR count). The Bertz CT molecular complexity index is 344. The Kier molecular flexibility index (Phi) is 2.11. The second-order valence-corrected chi connectivity index (χ2v) is 4.87. The molecule has 0 bridgehead atoms. The van der Waals surface area contributed by atoms with Gasteiger partial charge in [-0.2, -0.15) is 0 Å². The zero-order chi connectivity index (χ0) is 10.3. The Balaban J connectivity index is 2.31. The van der Waals surface area contributed by atoms with Gasteiger partial charge in [0.25, 0.3) is 0 Å². The maximum atomic E-state index is 5.77. The maximum absolute atomic E-state index is 5.77. The minimum Gasteiger partial charge on any atom is -0.330 e. The molecule has 1 aromatic heterocycles. The van der Waals surface area contributed by atoms with Gasteiger partial charge in [-0.1, -0.05) is 13.8 Å². The highest BCUT2D eigenvalue weighted by Crippen LogP contribution is 2.64. The van der Waals surface area contributed by atoms with Crippen LogP contribution >= 0.6 is 0 Å². The standard InChI is InChI=1S/C12H18N2/c1-8-7-14-5-4-9(8)11-10(6-13)12(11,2)3/h4-5,7,10-11H,6,13H2,1-3H3/t10-,11-/m0/s1. The Morgan fingerprint density at radius 1 is 1.50 bits per heavy atom. The fraction of sp³-hybridized carbons (Fsp3) is 0.583. The molecule has 0 aromatic carbocycles.